The van der Waals surface area contributed by atoms with Crippen molar-refractivity contribution in [3.8, 4) is 0 Å². The molecular weight excluding hydrogens is 261 g/mol. The third kappa shape index (κ3) is 3.43. The molecule has 0 fully saturated rings. The molecule has 1 amide bonds. The fraction of sp³-hybridized carbons (Fsp3) is 0.333. The second-order valence-corrected chi connectivity index (χ2v) is 4.91. The van der Waals surface area contributed by atoms with Crippen molar-refractivity contribution >= 4 is 23.5 Å². The Morgan fingerprint density at radius 2 is 2.06 bits per heavy atom. The summed E-state index contributed by atoms with van der Waals surface area (Å²) in [7, 11) is 0. The number of hydrogen-bond donors (Lipinski definition) is 2. The van der Waals surface area contributed by atoms with Gasteiger partial charge in [-0.3, -0.25) is 9.59 Å². The van der Waals surface area contributed by atoms with Gasteiger partial charge in [-0.15, -0.1) is 0 Å². The van der Waals surface area contributed by atoms with Gasteiger partial charge < -0.3 is 10.4 Å². The van der Waals surface area contributed by atoms with Crippen LogP contribution >= 0.6 is 11.6 Å². The van der Waals surface area contributed by atoms with Crippen molar-refractivity contribution in [3.05, 3.63) is 34.6 Å². The molecule has 0 aliphatic carbocycles. The minimum atomic E-state index is -1.07. The van der Waals surface area contributed by atoms with E-state index in [4.69, 9.17) is 16.7 Å². The molecule has 1 aromatic carbocycles. The Labute approximate surface area is 109 Å². The highest BCUT2D eigenvalue weighted by molar-refractivity contribution is 6.31. The van der Waals surface area contributed by atoms with Gasteiger partial charge >= 0.3 is 5.97 Å². The molecule has 4 nitrogen and oxygen atoms in total. The number of amides is 1. The molecule has 0 atom stereocenters. The maximum absolute atomic E-state index is 12.9. The summed E-state index contributed by atoms with van der Waals surface area (Å²) < 4.78 is 12.9. The SMILES string of the molecule is CC(C)(CNC(=O)c1ccc(F)c(Cl)c1)C(=O)O. The average Bonchev–Trinajstić information content (AvgIpc) is 2.29. The lowest BCUT2D eigenvalue weighted by Crippen LogP contribution is -2.38. The molecule has 0 aliphatic rings. The van der Waals surface area contributed by atoms with Crippen molar-refractivity contribution in [1.29, 1.82) is 0 Å². The van der Waals surface area contributed by atoms with Crippen molar-refractivity contribution in [3.63, 3.8) is 0 Å². The lowest BCUT2D eigenvalue weighted by molar-refractivity contribution is -0.146. The van der Waals surface area contributed by atoms with Crippen molar-refractivity contribution < 1.29 is 19.1 Å². The summed E-state index contributed by atoms with van der Waals surface area (Å²) >= 11 is 5.55. The largest absolute Gasteiger partial charge is 0.481 e. The zero-order valence-corrected chi connectivity index (χ0v) is 10.7. The number of carboxylic acid groups (broad SMARTS) is 1. The highest BCUT2D eigenvalue weighted by atomic mass is 35.5. The Kier molecular flexibility index (Phi) is 4.29. The quantitative estimate of drug-likeness (QED) is 0.885. The fourth-order valence-electron chi connectivity index (χ4n) is 1.12. The first-order valence-corrected chi connectivity index (χ1v) is 5.58. The summed E-state index contributed by atoms with van der Waals surface area (Å²) in [6.07, 6.45) is 0. The highest BCUT2D eigenvalue weighted by Crippen LogP contribution is 2.17. The molecule has 0 aliphatic heterocycles. The summed E-state index contributed by atoms with van der Waals surface area (Å²) in [6, 6.07) is 3.56. The molecule has 1 aromatic rings. The normalized spacial score (nSPS) is 11.1. The first kappa shape index (κ1) is 14.4. The Bertz CT molecular complexity index is 488. The van der Waals surface area contributed by atoms with Crippen LogP contribution in [0.4, 0.5) is 4.39 Å². The van der Waals surface area contributed by atoms with E-state index in [1.807, 2.05) is 0 Å². The van der Waals surface area contributed by atoms with Crippen LogP contribution in [0.3, 0.4) is 0 Å². The lowest BCUT2D eigenvalue weighted by Gasteiger charge is -2.19. The number of halogens is 2. The van der Waals surface area contributed by atoms with Gasteiger partial charge in [0.05, 0.1) is 10.4 Å². The predicted molar refractivity (Wildman–Crippen MR) is 65.2 cm³/mol. The van der Waals surface area contributed by atoms with Crippen molar-refractivity contribution in [1.82, 2.24) is 5.32 Å². The monoisotopic (exact) mass is 273 g/mol. The Morgan fingerprint density at radius 3 is 2.56 bits per heavy atom. The van der Waals surface area contributed by atoms with Crippen LogP contribution in [0.15, 0.2) is 18.2 Å². The van der Waals surface area contributed by atoms with E-state index in [1.165, 1.54) is 26.0 Å². The molecule has 1 rings (SSSR count). The van der Waals surface area contributed by atoms with Gasteiger partial charge in [0.1, 0.15) is 5.82 Å². The Hall–Kier alpha value is -1.62. The third-order valence-electron chi connectivity index (χ3n) is 2.45. The number of carbonyl (C=O) groups is 2. The summed E-state index contributed by atoms with van der Waals surface area (Å²) in [5.41, 5.74) is -0.887. The molecule has 2 N–H and O–H groups in total. The van der Waals surface area contributed by atoms with Crippen LogP contribution in [0, 0.1) is 11.2 Å². The van der Waals surface area contributed by atoms with Gasteiger partial charge in [0, 0.05) is 12.1 Å². The average molecular weight is 274 g/mol. The number of carbonyl (C=O) groups excluding carboxylic acids is 1. The smallest absolute Gasteiger partial charge is 0.310 e. The first-order chi connectivity index (χ1) is 8.24. The van der Waals surface area contributed by atoms with E-state index < -0.39 is 23.1 Å². The predicted octanol–water partition coefficient (Wildman–Crippen LogP) is 2.32. The number of aliphatic carboxylic acids is 1. The number of carboxylic acids is 1. The molecule has 0 spiro atoms. The zero-order chi connectivity index (χ0) is 13.9. The van der Waals surface area contributed by atoms with Crippen LogP contribution in [0.25, 0.3) is 0 Å². The zero-order valence-electron chi connectivity index (χ0n) is 9.96. The van der Waals surface area contributed by atoms with E-state index in [9.17, 15) is 14.0 Å². The number of nitrogens with one attached hydrogen (secondary N) is 1. The second-order valence-electron chi connectivity index (χ2n) is 4.50. The summed E-state index contributed by atoms with van der Waals surface area (Å²) in [4.78, 5) is 22.5. The Morgan fingerprint density at radius 1 is 1.44 bits per heavy atom. The van der Waals surface area contributed by atoms with Crippen molar-refractivity contribution in [2.75, 3.05) is 6.54 Å². The molecule has 0 heterocycles. The summed E-state index contributed by atoms with van der Waals surface area (Å²) in [5.74, 6) is -2.12. The van der Waals surface area contributed by atoms with Crippen LogP contribution in [0.5, 0.6) is 0 Å². The maximum Gasteiger partial charge on any atom is 0.310 e. The second kappa shape index (κ2) is 5.35. The molecule has 6 heteroatoms. The summed E-state index contributed by atoms with van der Waals surface area (Å²) in [6.45, 7) is 2.96. The van der Waals surface area contributed by atoms with Gasteiger partial charge in [-0.05, 0) is 32.0 Å². The highest BCUT2D eigenvalue weighted by Gasteiger charge is 2.27. The van der Waals surface area contributed by atoms with E-state index in [0.717, 1.165) is 6.07 Å². The maximum atomic E-state index is 12.9. The topological polar surface area (TPSA) is 66.4 Å². The molecule has 18 heavy (non-hydrogen) atoms. The van der Waals surface area contributed by atoms with E-state index in [1.54, 1.807) is 0 Å². The van der Waals surface area contributed by atoms with Gasteiger partial charge in [0.15, 0.2) is 0 Å². The first-order valence-electron chi connectivity index (χ1n) is 5.20. The third-order valence-corrected chi connectivity index (χ3v) is 2.74. The molecule has 98 valence electrons. The van der Waals surface area contributed by atoms with E-state index in [-0.39, 0.29) is 17.1 Å². The molecule has 0 radical (unpaired) electrons. The van der Waals surface area contributed by atoms with Gasteiger partial charge in [0.25, 0.3) is 5.91 Å². The molecule has 0 saturated carbocycles. The van der Waals surface area contributed by atoms with Gasteiger partial charge in [-0.2, -0.15) is 0 Å². The van der Waals surface area contributed by atoms with Crippen LogP contribution in [-0.4, -0.2) is 23.5 Å². The van der Waals surface area contributed by atoms with Crippen LogP contribution in [0.2, 0.25) is 5.02 Å². The molecule has 0 bridgehead atoms. The molecular formula is C12H13ClFNO3. The standard InChI is InChI=1S/C12H13ClFNO3/c1-12(2,11(17)18)6-15-10(16)7-3-4-9(14)8(13)5-7/h3-5H,6H2,1-2H3,(H,15,16)(H,17,18). The van der Waals surface area contributed by atoms with E-state index in [0.29, 0.717) is 0 Å². The van der Waals surface area contributed by atoms with Crippen molar-refractivity contribution in [2.24, 2.45) is 5.41 Å². The van der Waals surface area contributed by atoms with E-state index >= 15 is 0 Å². The minimum Gasteiger partial charge on any atom is -0.481 e. The van der Waals surface area contributed by atoms with Crippen LogP contribution < -0.4 is 5.32 Å². The van der Waals surface area contributed by atoms with E-state index in [2.05, 4.69) is 5.32 Å². The molecule has 0 unspecified atom stereocenters. The van der Waals surface area contributed by atoms with Crippen molar-refractivity contribution in [2.45, 2.75) is 13.8 Å². The number of rotatable bonds is 4. The van der Waals surface area contributed by atoms with Gasteiger partial charge in [0.2, 0.25) is 0 Å². The summed E-state index contributed by atoms with van der Waals surface area (Å²) in [5, 5.41) is 11.2. The Balaban J connectivity index is 2.72. The minimum absolute atomic E-state index is 0.0316. The fourth-order valence-corrected chi connectivity index (χ4v) is 1.30. The van der Waals surface area contributed by atoms with Crippen LogP contribution in [0.1, 0.15) is 24.2 Å². The molecule has 0 saturated heterocycles. The lowest BCUT2D eigenvalue weighted by atomic mass is 9.94. The van der Waals surface area contributed by atoms with Gasteiger partial charge in [-0.1, -0.05) is 11.6 Å². The molecule has 0 aromatic heterocycles. The van der Waals surface area contributed by atoms with Gasteiger partial charge in [-0.25, -0.2) is 4.39 Å². The number of hydrogen-bond acceptors (Lipinski definition) is 2. The van der Waals surface area contributed by atoms with Crippen LogP contribution in [-0.2, 0) is 4.79 Å². The number of benzene rings is 1.